The Hall–Kier alpha value is -0.530. The number of benzene rings is 1. The van der Waals surface area contributed by atoms with E-state index in [0.717, 1.165) is 13.0 Å². The van der Waals surface area contributed by atoms with Gasteiger partial charge in [0.2, 0.25) is 10.0 Å². The average Bonchev–Trinajstić information content (AvgIpc) is 2.41. The molecule has 0 radical (unpaired) electrons. The topological polar surface area (TPSA) is 67.4 Å². The summed E-state index contributed by atoms with van der Waals surface area (Å²) in [5.41, 5.74) is 0. The minimum absolute atomic E-state index is 0. The summed E-state index contributed by atoms with van der Waals surface area (Å²) in [7, 11) is -2.22. The van der Waals surface area contributed by atoms with Gasteiger partial charge in [0.15, 0.2) is 0 Å². The van der Waals surface area contributed by atoms with Crippen LogP contribution in [-0.4, -0.2) is 34.7 Å². The molecule has 1 aliphatic heterocycles. The third-order valence-electron chi connectivity index (χ3n) is 3.55. The molecule has 2 unspecified atom stereocenters. The van der Waals surface area contributed by atoms with Crippen LogP contribution in [0.1, 0.15) is 13.3 Å². The Morgan fingerprint density at radius 1 is 1.43 bits per heavy atom. The van der Waals surface area contributed by atoms with Crippen LogP contribution in [0.2, 0.25) is 5.02 Å². The normalized spacial score (nSPS) is 22.4. The van der Waals surface area contributed by atoms with Crippen LogP contribution in [0.4, 0.5) is 0 Å². The number of ether oxygens (including phenoxy) is 1. The van der Waals surface area contributed by atoms with Gasteiger partial charge in [-0.1, -0.05) is 18.5 Å². The Balaban J connectivity index is 0.00000220. The molecule has 1 aromatic rings. The number of sulfonamides is 1. The van der Waals surface area contributed by atoms with Crippen molar-refractivity contribution in [3.05, 3.63) is 23.2 Å². The predicted molar refractivity (Wildman–Crippen MR) is 86.0 cm³/mol. The van der Waals surface area contributed by atoms with E-state index in [2.05, 4.69) is 10.0 Å². The molecule has 2 N–H and O–H groups in total. The standard InChI is InChI=1S/C13H19ClN2O3S.ClH/c1-9-5-6-15-8-11(9)16-20(17,18)13-7-10(14)3-4-12(13)19-2;/h3-4,7,9,11,15-16H,5-6,8H2,1-2H3;1H. The summed E-state index contributed by atoms with van der Waals surface area (Å²) in [6, 6.07) is 4.44. The van der Waals surface area contributed by atoms with E-state index < -0.39 is 10.0 Å². The first-order chi connectivity index (χ1) is 9.44. The molecule has 1 heterocycles. The molecule has 120 valence electrons. The first-order valence-electron chi connectivity index (χ1n) is 6.50. The SMILES string of the molecule is COc1ccc(Cl)cc1S(=O)(=O)NC1CNCCC1C.Cl. The first-order valence-corrected chi connectivity index (χ1v) is 8.37. The van der Waals surface area contributed by atoms with E-state index in [1.807, 2.05) is 6.92 Å². The Bertz CT molecular complexity index is 581. The van der Waals surface area contributed by atoms with Crippen molar-refractivity contribution in [2.45, 2.75) is 24.3 Å². The van der Waals surface area contributed by atoms with Crippen LogP contribution in [-0.2, 0) is 10.0 Å². The Kier molecular flexibility index (Phi) is 6.74. The monoisotopic (exact) mass is 354 g/mol. The highest BCUT2D eigenvalue weighted by Crippen LogP contribution is 2.27. The zero-order valence-corrected chi connectivity index (χ0v) is 14.3. The van der Waals surface area contributed by atoms with Crippen molar-refractivity contribution in [2.24, 2.45) is 5.92 Å². The lowest BCUT2D eigenvalue weighted by atomic mass is 9.96. The number of hydrogen-bond donors (Lipinski definition) is 2. The third kappa shape index (κ3) is 4.47. The minimum Gasteiger partial charge on any atom is -0.495 e. The lowest BCUT2D eigenvalue weighted by molar-refractivity contribution is 0.326. The number of nitrogens with one attached hydrogen (secondary N) is 2. The van der Waals surface area contributed by atoms with E-state index in [-0.39, 0.29) is 29.3 Å². The van der Waals surface area contributed by atoms with Crippen LogP contribution in [0.15, 0.2) is 23.1 Å². The quantitative estimate of drug-likeness (QED) is 0.868. The Morgan fingerprint density at radius 2 is 2.14 bits per heavy atom. The van der Waals surface area contributed by atoms with E-state index >= 15 is 0 Å². The Labute approximate surface area is 136 Å². The highest BCUT2D eigenvalue weighted by Gasteiger charge is 2.28. The van der Waals surface area contributed by atoms with Crippen molar-refractivity contribution < 1.29 is 13.2 Å². The van der Waals surface area contributed by atoms with Crippen molar-refractivity contribution in [2.75, 3.05) is 20.2 Å². The predicted octanol–water partition coefficient (Wildman–Crippen LogP) is 2.05. The fourth-order valence-electron chi connectivity index (χ4n) is 2.27. The lowest BCUT2D eigenvalue weighted by Crippen LogP contribution is -2.50. The van der Waals surface area contributed by atoms with Crippen LogP contribution in [0.25, 0.3) is 0 Å². The second-order valence-corrected chi connectivity index (χ2v) is 7.11. The number of halogens is 2. The largest absolute Gasteiger partial charge is 0.495 e. The summed E-state index contributed by atoms with van der Waals surface area (Å²) in [6.07, 6.45) is 0.944. The second-order valence-electron chi connectivity index (χ2n) is 4.99. The highest BCUT2D eigenvalue weighted by atomic mass is 35.5. The highest BCUT2D eigenvalue weighted by molar-refractivity contribution is 7.89. The molecule has 2 rings (SSSR count). The van der Waals surface area contributed by atoms with Crippen LogP contribution >= 0.6 is 24.0 Å². The summed E-state index contributed by atoms with van der Waals surface area (Å²) >= 11 is 5.89. The molecule has 0 bridgehead atoms. The molecule has 0 amide bonds. The average molecular weight is 355 g/mol. The van der Waals surface area contributed by atoms with Crippen LogP contribution in [0.5, 0.6) is 5.75 Å². The van der Waals surface area contributed by atoms with Gasteiger partial charge in [-0.25, -0.2) is 13.1 Å². The number of hydrogen-bond acceptors (Lipinski definition) is 4. The molecule has 0 aliphatic carbocycles. The summed E-state index contributed by atoms with van der Waals surface area (Å²) in [5, 5.41) is 3.56. The lowest BCUT2D eigenvalue weighted by Gasteiger charge is -2.30. The number of rotatable bonds is 4. The summed E-state index contributed by atoms with van der Waals surface area (Å²) < 4.78 is 32.8. The summed E-state index contributed by atoms with van der Waals surface area (Å²) in [5.74, 6) is 0.578. The molecule has 1 saturated heterocycles. The molecule has 0 aromatic heterocycles. The molecular weight excluding hydrogens is 335 g/mol. The molecule has 0 saturated carbocycles. The Morgan fingerprint density at radius 3 is 2.76 bits per heavy atom. The van der Waals surface area contributed by atoms with Crippen molar-refractivity contribution >= 4 is 34.0 Å². The van der Waals surface area contributed by atoms with Gasteiger partial charge in [0.1, 0.15) is 10.6 Å². The van der Waals surface area contributed by atoms with Gasteiger partial charge in [-0.05, 0) is 37.1 Å². The van der Waals surface area contributed by atoms with E-state index in [1.54, 1.807) is 12.1 Å². The van der Waals surface area contributed by atoms with Gasteiger partial charge in [-0.15, -0.1) is 12.4 Å². The molecule has 1 aromatic carbocycles. The van der Waals surface area contributed by atoms with Gasteiger partial charge in [-0.3, -0.25) is 0 Å². The molecule has 1 fully saturated rings. The maximum absolute atomic E-state index is 12.5. The molecule has 0 spiro atoms. The van der Waals surface area contributed by atoms with Gasteiger partial charge in [0.05, 0.1) is 7.11 Å². The van der Waals surface area contributed by atoms with Gasteiger partial charge < -0.3 is 10.1 Å². The van der Waals surface area contributed by atoms with Crippen molar-refractivity contribution in [1.29, 1.82) is 0 Å². The van der Waals surface area contributed by atoms with Crippen LogP contribution < -0.4 is 14.8 Å². The van der Waals surface area contributed by atoms with E-state index in [1.165, 1.54) is 13.2 Å². The fraction of sp³-hybridized carbons (Fsp3) is 0.538. The third-order valence-corrected chi connectivity index (χ3v) is 5.30. The minimum atomic E-state index is -3.66. The van der Waals surface area contributed by atoms with Gasteiger partial charge in [-0.2, -0.15) is 0 Å². The molecule has 8 heteroatoms. The zero-order chi connectivity index (χ0) is 14.8. The van der Waals surface area contributed by atoms with Crippen LogP contribution in [0.3, 0.4) is 0 Å². The maximum atomic E-state index is 12.5. The molecule has 5 nitrogen and oxygen atoms in total. The molecule has 2 atom stereocenters. The van der Waals surface area contributed by atoms with Gasteiger partial charge in [0.25, 0.3) is 0 Å². The maximum Gasteiger partial charge on any atom is 0.244 e. The van der Waals surface area contributed by atoms with E-state index in [0.29, 0.717) is 17.3 Å². The smallest absolute Gasteiger partial charge is 0.244 e. The van der Waals surface area contributed by atoms with Gasteiger partial charge in [0, 0.05) is 17.6 Å². The number of methoxy groups -OCH3 is 1. The zero-order valence-electron chi connectivity index (χ0n) is 11.9. The van der Waals surface area contributed by atoms with Gasteiger partial charge >= 0.3 is 0 Å². The van der Waals surface area contributed by atoms with Crippen molar-refractivity contribution in [1.82, 2.24) is 10.0 Å². The van der Waals surface area contributed by atoms with E-state index in [4.69, 9.17) is 16.3 Å². The fourth-order valence-corrected chi connectivity index (χ4v) is 4.05. The second kappa shape index (κ2) is 7.65. The molecule has 21 heavy (non-hydrogen) atoms. The first kappa shape index (κ1) is 18.5. The van der Waals surface area contributed by atoms with Crippen molar-refractivity contribution in [3.8, 4) is 5.75 Å². The summed E-state index contributed by atoms with van der Waals surface area (Å²) in [4.78, 5) is 0.0743. The molecule has 1 aliphatic rings. The van der Waals surface area contributed by atoms with E-state index in [9.17, 15) is 8.42 Å². The summed E-state index contributed by atoms with van der Waals surface area (Å²) in [6.45, 7) is 3.59. The van der Waals surface area contributed by atoms with Crippen molar-refractivity contribution in [3.63, 3.8) is 0 Å². The molecular formula is C13H20Cl2N2O3S. The van der Waals surface area contributed by atoms with Crippen LogP contribution in [0, 0.1) is 5.92 Å². The number of piperidine rings is 1.